The minimum Gasteiger partial charge on any atom is -0.350 e. The van der Waals surface area contributed by atoms with Gasteiger partial charge in [0, 0.05) is 18.9 Å². The van der Waals surface area contributed by atoms with Crippen molar-refractivity contribution in [3.8, 4) is 0 Å². The number of rotatable bonds is 6. The molecule has 2 aromatic heterocycles. The van der Waals surface area contributed by atoms with E-state index < -0.39 is 11.7 Å². The molecular weight excluding hydrogens is 404 g/mol. The fourth-order valence-electron chi connectivity index (χ4n) is 3.73. The van der Waals surface area contributed by atoms with Crippen LogP contribution in [-0.4, -0.2) is 20.0 Å². The van der Waals surface area contributed by atoms with Gasteiger partial charge in [0.15, 0.2) is 0 Å². The number of nitrogens with one attached hydrogen (secondary N) is 1. The van der Waals surface area contributed by atoms with Gasteiger partial charge in [0.1, 0.15) is 6.04 Å². The molecule has 0 unspecified atom stereocenters. The number of carbonyl (C=O) groups is 1. The van der Waals surface area contributed by atoms with E-state index in [1.807, 2.05) is 49.4 Å². The van der Waals surface area contributed by atoms with Crippen LogP contribution in [-0.2, 0) is 17.9 Å². The van der Waals surface area contributed by atoms with Crippen molar-refractivity contribution in [3.63, 3.8) is 0 Å². The average Bonchev–Trinajstić information content (AvgIpc) is 2.82. The quantitative estimate of drug-likeness (QED) is 0.512. The Hall–Kier alpha value is -4.00. The molecule has 4 aromatic rings. The van der Waals surface area contributed by atoms with E-state index in [1.54, 1.807) is 37.5 Å². The van der Waals surface area contributed by atoms with Crippen LogP contribution in [0.3, 0.4) is 0 Å². The Kier molecular flexibility index (Phi) is 5.98. The van der Waals surface area contributed by atoms with Gasteiger partial charge in [-0.1, -0.05) is 48.0 Å². The second-order valence-electron chi connectivity index (χ2n) is 7.81. The Bertz CT molecular complexity index is 1380. The van der Waals surface area contributed by atoms with Gasteiger partial charge in [-0.15, -0.1) is 0 Å². The summed E-state index contributed by atoms with van der Waals surface area (Å²) in [5.74, 6) is -0.317. The van der Waals surface area contributed by atoms with Crippen molar-refractivity contribution in [1.29, 1.82) is 0 Å². The molecule has 1 atom stereocenters. The third-order valence-electron chi connectivity index (χ3n) is 5.46. The van der Waals surface area contributed by atoms with Crippen molar-refractivity contribution in [2.75, 3.05) is 0 Å². The van der Waals surface area contributed by atoms with E-state index in [-0.39, 0.29) is 18.0 Å². The molecule has 1 amide bonds. The van der Waals surface area contributed by atoms with Gasteiger partial charge in [-0.2, -0.15) is 0 Å². The van der Waals surface area contributed by atoms with E-state index in [0.717, 1.165) is 16.7 Å². The molecule has 0 saturated carbocycles. The van der Waals surface area contributed by atoms with Crippen LogP contribution in [0.2, 0.25) is 0 Å². The zero-order valence-electron chi connectivity index (χ0n) is 18.0. The molecule has 0 aliphatic heterocycles. The summed E-state index contributed by atoms with van der Waals surface area (Å²) in [7, 11) is 0. The fraction of sp³-hybridized carbons (Fsp3) is 0.200. The van der Waals surface area contributed by atoms with E-state index in [9.17, 15) is 14.4 Å². The smallest absolute Gasteiger partial charge is 0.332 e. The van der Waals surface area contributed by atoms with Gasteiger partial charge < -0.3 is 5.32 Å². The topological polar surface area (TPSA) is 86.0 Å². The van der Waals surface area contributed by atoms with Crippen LogP contribution in [0.5, 0.6) is 0 Å². The second kappa shape index (κ2) is 9.01. The van der Waals surface area contributed by atoms with Crippen LogP contribution < -0.4 is 16.6 Å². The van der Waals surface area contributed by atoms with Gasteiger partial charge in [-0.25, -0.2) is 4.79 Å². The first-order valence-electron chi connectivity index (χ1n) is 10.4. The number of hydrogen-bond acceptors (Lipinski definition) is 4. The lowest BCUT2D eigenvalue weighted by molar-refractivity contribution is -0.124. The van der Waals surface area contributed by atoms with Crippen LogP contribution in [0, 0.1) is 6.92 Å². The maximum atomic E-state index is 13.4. The van der Waals surface area contributed by atoms with Crippen molar-refractivity contribution < 1.29 is 4.79 Å². The molecule has 0 aliphatic rings. The lowest BCUT2D eigenvalue weighted by Crippen LogP contribution is -2.44. The third kappa shape index (κ3) is 4.23. The molecular formula is C25H24N4O3. The second-order valence-corrected chi connectivity index (χ2v) is 7.81. The lowest BCUT2D eigenvalue weighted by Gasteiger charge is -2.20. The molecule has 0 radical (unpaired) electrons. The molecule has 2 aromatic carbocycles. The zero-order valence-corrected chi connectivity index (χ0v) is 18.0. The van der Waals surface area contributed by atoms with Gasteiger partial charge in [-0.05, 0) is 43.2 Å². The number of hydrogen-bond donors (Lipinski definition) is 1. The van der Waals surface area contributed by atoms with Crippen LogP contribution in [0.1, 0.15) is 29.7 Å². The van der Waals surface area contributed by atoms with Gasteiger partial charge in [0.2, 0.25) is 5.91 Å². The number of aromatic nitrogens is 3. The van der Waals surface area contributed by atoms with Crippen LogP contribution >= 0.6 is 0 Å². The molecule has 0 aliphatic carbocycles. The van der Waals surface area contributed by atoms with Crippen molar-refractivity contribution in [3.05, 3.63) is 111 Å². The molecule has 0 bridgehead atoms. The molecule has 2 heterocycles. The van der Waals surface area contributed by atoms with Crippen molar-refractivity contribution >= 4 is 16.8 Å². The van der Waals surface area contributed by atoms with Gasteiger partial charge in [0.25, 0.3) is 5.56 Å². The maximum absolute atomic E-state index is 13.4. The standard InChI is InChI=1S/C25H24N4O3/c1-17-10-11-22-21(13-17)24(31)28(16-19-7-4-3-5-8-19)25(32)29(22)18(2)23(30)27-15-20-9-6-12-26-14-20/h3-14,18H,15-16H2,1-2H3,(H,27,30)/t18-/m1/s1. The predicted molar refractivity (Wildman–Crippen MR) is 124 cm³/mol. The number of nitrogens with zero attached hydrogens (tertiary/aromatic N) is 3. The SMILES string of the molecule is Cc1ccc2c(c1)c(=O)n(Cc1ccccc1)c(=O)n2[C@H](C)C(=O)NCc1cccnc1. The molecule has 0 saturated heterocycles. The molecule has 4 rings (SSSR count). The molecule has 0 spiro atoms. The van der Waals surface area contributed by atoms with E-state index in [2.05, 4.69) is 10.3 Å². The minimum absolute atomic E-state index is 0.131. The Balaban J connectivity index is 1.78. The Morgan fingerprint density at radius 2 is 1.78 bits per heavy atom. The van der Waals surface area contributed by atoms with Crippen LogP contribution in [0.15, 0.2) is 82.6 Å². The molecule has 162 valence electrons. The van der Waals surface area contributed by atoms with Crippen LogP contribution in [0.4, 0.5) is 0 Å². The molecule has 0 fully saturated rings. The first-order valence-corrected chi connectivity index (χ1v) is 10.4. The Morgan fingerprint density at radius 1 is 1.03 bits per heavy atom. The molecule has 7 heteroatoms. The monoisotopic (exact) mass is 428 g/mol. The number of amides is 1. The third-order valence-corrected chi connectivity index (χ3v) is 5.46. The number of carbonyl (C=O) groups excluding carboxylic acids is 1. The largest absolute Gasteiger partial charge is 0.350 e. The number of fused-ring (bicyclic) bond motifs is 1. The van der Waals surface area contributed by atoms with Crippen molar-refractivity contribution in [1.82, 2.24) is 19.4 Å². The number of pyridine rings is 1. The summed E-state index contributed by atoms with van der Waals surface area (Å²) < 4.78 is 2.60. The maximum Gasteiger partial charge on any atom is 0.332 e. The summed E-state index contributed by atoms with van der Waals surface area (Å²) >= 11 is 0. The van der Waals surface area contributed by atoms with Crippen molar-refractivity contribution in [2.24, 2.45) is 0 Å². The van der Waals surface area contributed by atoms with Crippen molar-refractivity contribution in [2.45, 2.75) is 33.0 Å². The highest BCUT2D eigenvalue weighted by Crippen LogP contribution is 2.16. The summed E-state index contributed by atoms with van der Waals surface area (Å²) in [5.41, 5.74) is 2.16. The van der Waals surface area contributed by atoms with E-state index in [4.69, 9.17) is 0 Å². The van der Waals surface area contributed by atoms with Crippen LogP contribution in [0.25, 0.3) is 10.9 Å². The molecule has 7 nitrogen and oxygen atoms in total. The number of benzene rings is 2. The van der Waals surface area contributed by atoms with E-state index in [0.29, 0.717) is 17.4 Å². The average molecular weight is 428 g/mol. The normalized spacial score (nSPS) is 11.9. The summed E-state index contributed by atoms with van der Waals surface area (Å²) in [6, 6.07) is 17.5. The van der Waals surface area contributed by atoms with E-state index in [1.165, 1.54) is 9.13 Å². The fourth-order valence-corrected chi connectivity index (χ4v) is 3.73. The molecule has 32 heavy (non-hydrogen) atoms. The first-order chi connectivity index (χ1) is 15.5. The van der Waals surface area contributed by atoms with Gasteiger partial charge in [0.05, 0.1) is 17.4 Å². The lowest BCUT2D eigenvalue weighted by atomic mass is 10.1. The van der Waals surface area contributed by atoms with Gasteiger partial charge in [-0.3, -0.25) is 23.7 Å². The summed E-state index contributed by atoms with van der Waals surface area (Å²) in [5, 5.41) is 3.27. The number of aryl methyl sites for hydroxylation is 1. The first kappa shape index (κ1) is 21.2. The predicted octanol–water partition coefficient (Wildman–Crippen LogP) is 2.79. The highest BCUT2D eigenvalue weighted by molar-refractivity contribution is 5.84. The van der Waals surface area contributed by atoms with E-state index >= 15 is 0 Å². The molecule has 1 N–H and O–H groups in total. The Morgan fingerprint density at radius 3 is 2.50 bits per heavy atom. The summed E-state index contributed by atoms with van der Waals surface area (Å²) in [4.78, 5) is 43.7. The van der Waals surface area contributed by atoms with Gasteiger partial charge >= 0.3 is 5.69 Å². The summed E-state index contributed by atoms with van der Waals surface area (Å²) in [6.45, 7) is 3.98. The minimum atomic E-state index is -0.813. The summed E-state index contributed by atoms with van der Waals surface area (Å²) in [6.07, 6.45) is 3.34. The highest BCUT2D eigenvalue weighted by Gasteiger charge is 2.22. The zero-order chi connectivity index (χ0) is 22.7. The Labute approximate surface area is 185 Å². The highest BCUT2D eigenvalue weighted by atomic mass is 16.2.